The fourth-order valence-electron chi connectivity index (χ4n) is 3.60. The average molecular weight is 413 g/mol. The molecule has 29 heavy (non-hydrogen) atoms. The van der Waals surface area contributed by atoms with Crippen LogP contribution in [0.25, 0.3) is 0 Å². The first kappa shape index (κ1) is 19.1. The van der Waals surface area contributed by atoms with Crippen LogP contribution in [-0.2, 0) is 15.1 Å². The highest BCUT2D eigenvalue weighted by atomic mass is 35.5. The summed E-state index contributed by atoms with van der Waals surface area (Å²) in [5, 5.41) is 2.95. The summed E-state index contributed by atoms with van der Waals surface area (Å²) in [5.41, 5.74) is -0.620. The van der Waals surface area contributed by atoms with Crippen LogP contribution in [0.2, 0.25) is 5.02 Å². The highest BCUT2D eigenvalue weighted by molar-refractivity contribution is 6.32. The number of amides is 2. The first-order valence-corrected chi connectivity index (χ1v) is 9.20. The van der Waals surface area contributed by atoms with Crippen molar-refractivity contribution in [3.8, 4) is 0 Å². The molecule has 0 aromatic heterocycles. The van der Waals surface area contributed by atoms with Crippen molar-refractivity contribution in [3.63, 3.8) is 0 Å². The lowest BCUT2D eigenvalue weighted by Gasteiger charge is -2.50. The van der Waals surface area contributed by atoms with Crippen molar-refractivity contribution in [1.29, 1.82) is 0 Å². The molecule has 1 fully saturated rings. The van der Waals surface area contributed by atoms with Gasteiger partial charge in [0.25, 0.3) is 5.91 Å². The molecule has 7 heteroatoms. The Morgan fingerprint density at radius 3 is 2.31 bits per heavy atom. The second-order valence-corrected chi connectivity index (χ2v) is 7.10. The Hall–Kier alpha value is -3.25. The minimum absolute atomic E-state index is 0.158. The molecule has 3 aromatic rings. The molecule has 146 valence electrons. The molecule has 4 rings (SSSR count). The van der Waals surface area contributed by atoms with Crippen molar-refractivity contribution < 1.29 is 18.4 Å². The van der Waals surface area contributed by atoms with Gasteiger partial charge in [0.15, 0.2) is 5.54 Å². The molecule has 4 nitrogen and oxygen atoms in total. The smallest absolute Gasteiger partial charge is 0.255 e. The first-order valence-electron chi connectivity index (χ1n) is 8.82. The van der Waals surface area contributed by atoms with E-state index in [1.54, 1.807) is 30.3 Å². The van der Waals surface area contributed by atoms with Crippen molar-refractivity contribution >= 4 is 34.8 Å². The molecule has 0 saturated carbocycles. The topological polar surface area (TPSA) is 49.4 Å². The summed E-state index contributed by atoms with van der Waals surface area (Å²) in [6.45, 7) is 0. The van der Waals surface area contributed by atoms with E-state index in [0.717, 1.165) is 0 Å². The maximum atomic E-state index is 13.8. The zero-order valence-corrected chi connectivity index (χ0v) is 15.8. The van der Waals surface area contributed by atoms with Crippen molar-refractivity contribution in [2.45, 2.75) is 12.0 Å². The van der Waals surface area contributed by atoms with E-state index in [1.165, 1.54) is 47.4 Å². The van der Waals surface area contributed by atoms with Crippen LogP contribution in [-0.4, -0.2) is 11.8 Å². The van der Waals surface area contributed by atoms with Gasteiger partial charge in [-0.3, -0.25) is 14.5 Å². The SMILES string of the molecule is O=C1CC(C(=O)Nc2cccc(F)c2)(c2ccccc2Cl)N1c1cccc(F)c1. The second-order valence-electron chi connectivity index (χ2n) is 6.69. The van der Waals surface area contributed by atoms with E-state index < -0.39 is 23.1 Å². The number of halogens is 3. The Labute approximate surface area is 170 Å². The third kappa shape index (κ3) is 3.25. The van der Waals surface area contributed by atoms with Gasteiger partial charge in [0.2, 0.25) is 5.91 Å². The number of hydrogen-bond acceptors (Lipinski definition) is 2. The third-order valence-corrected chi connectivity index (χ3v) is 5.21. The standard InChI is InChI=1S/C22H15ClF2N2O2/c23-19-10-2-1-9-18(19)22(21(29)26-16-7-3-5-14(24)11-16)13-20(28)27(22)17-8-4-6-15(25)12-17/h1-12H,13H2,(H,26,29). The summed E-state index contributed by atoms with van der Waals surface area (Å²) in [6, 6.07) is 17.5. The van der Waals surface area contributed by atoms with Crippen LogP contribution in [0.4, 0.5) is 20.2 Å². The number of nitrogens with zero attached hydrogens (tertiary/aromatic N) is 1. The largest absolute Gasteiger partial charge is 0.324 e. The number of rotatable bonds is 4. The minimum atomic E-state index is -1.49. The molecule has 0 radical (unpaired) electrons. The Balaban J connectivity index is 1.83. The zero-order valence-electron chi connectivity index (χ0n) is 15.0. The summed E-state index contributed by atoms with van der Waals surface area (Å²) in [6.07, 6.45) is -0.158. The van der Waals surface area contributed by atoms with Crippen LogP contribution >= 0.6 is 11.6 Å². The number of carbonyl (C=O) groups is 2. The molecule has 1 aliphatic heterocycles. The lowest BCUT2D eigenvalue weighted by atomic mass is 9.76. The van der Waals surface area contributed by atoms with Gasteiger partial charge in [0.05, 0.1) is 6.42 Å². The van der Waals surface area contributed by atoms with Crippen LogP contribution in [0.15, 0.2) is 72.8 Å². The summed E-state index contributed by atoms with van der Waals surface area (Å²) in [5.74, 6) is -1.98. The minimum Gasteiger partial charge on any atom is -0.324 e. The van der Waals surface area contributed by atoms with E-state index in [2.05, 4.69) is 5.32 Å². The van der Waals surface area contributed by atoms with Crippen molar-refractivity contribution in [3.05, 3.63) is 95.0 Å². The van der Waals surface area contributed by atoms with Crippen LogP contribution < -0.4 is 10.2 Å². The number of β-lactam (4-membered cyclic amide) rings is 1. The van der Waals surface area contributed by atoms with E-state index in [4.69, 9.17) is 11.6 Å². The van der Waals surface area contributed by atoms with E-state index >= 15 is 0 Å². The summed E-state index contributed by atoms with van der Waals surface area (Å²) >= 11 is 6.37. The van der Waals surface area contributed by atoms with E-state index in [-0.39, 0.29) is 28.7 Å². The van der Waals surface area contributed by atoms with Crippen molar-refractivity contribution in [2.24, 2.45) is 0 Å². The molecule has 1 atom stereocenters. The van der Waals surface area contributed by atoms with Gasteiger partial charge < -0.3 is 5.32 Å². The number of carbonyl (C=O) groups excluding carboxylic acids is 2. The molecule has 2 amide bonds. The number of anilines is 2. The van der Waals surface area contributed by atoms with E-state index in [1.807, 2.05) is 0 Å². The Kier molecular flexibility index (Phi) is 4.80. The second kappa shape index (κ2) is 7.29. The predicted molar refractivity (Wildman–Crippen MR) is 107 cm³/mol. The fraction of sp³-hybridized carbons (Fsp3) is 0.0909. The van der Waals surface area contributed by atoms with Gasteiger partial charge in [-0.05, 0) is 42.5 Å². The van der Waals surface area contributed by atoms with E-state index in [0.29, 0.717) is 5.56 Å². The van der Waals surface area contributed by atoms with E-state index in [9.17, 15) is 18.4 Å². The Bertz CT molecular complexity index is 1120. The highest BCUT2D eigenvalue weighted by Crippen LogP contribution is 2.47. The summed E-state index contributed by atoms with van der Waals surface area (Å²) in [7, 11) is 0. The molecule has 3 aromatic carbocycles. The highest BCUT2D eigenvalue weighted by Gasteiger charge is 2.59. The maximum Gasteiger partial charge on any atom is 0.255 e. The predicted octanol–water partition coefficient (Wildman–Crippen LogP) is 4.89. The monoisotopic (exact) mass is 412 g/mol. The van der Waals surface area contributed by atoms with Gasteiger partial charge in [-0.15, -0.1) is 0 Å². The van der Waals surface area contributed by atoms with Crippen LogP contribution in [0.1, 0.15) is 12.0 Å². The summed E-state index contributed by atoms with van der Waals surface area (Å²) < 4.78 is 27.4. The number of benzene rings is 3. The molecular formula is C22H15ClF2N2O2. The third-order valence-electron chi connectivity index (χ3n) is 4.88. The molecule has 0 spiro atoms. The van der Waals surface area contributed by atoms with Gasteiger partial charge >= 0.3 is 0 Å². The van der Waals surface area contributed by atoms with Gasteiger partial charge in [0.1, 0.15) is 11.6 Å². The Morgan fingerprint density at radius 2 is 1.66 bits per heavy atom. The molecule has 0 aliphatic carbocycles. The first-order chi connectivity index (χ1) is 13.9. The fourth-order valence-corrected chi connectivity index (χ4v) is 3.89. The molecule has 1 heterocycles. The number of nitrogens with one attached hydrogen (secondary N) is 1. The molecule has 1 N–H and O–H groups in total. The van der Waals surface area contributed by atoms with Crippen molar-refractivity contribution in [1.82, 2.24) is 0 Å². The van der Waals surface area contributed by atoms with Crippen molar-refractivity contribution in [2.75, 3.05) is 10.2 Å². The van der Waals surface area contributed by atoms with Gasteiger partial charge in [0, 0.05) is 22.0 Å². The zero-order chi connectivity index (χ0) is 20.6. The maximum absolute atomic E-state index is 13.8. The van der Waals surface area contributed by atoms with Crippen LogP contribution in [0, 0.1) is 11.6 Å². The number of hydrogen-bond donors (Lipinski definition) is 1. The van der Waals surface area contributed by atoms with Crippen LogP contribution in [0.5, 0.6) is 0 Å². The van der Waals surface area contributed by atoms with Gasteiger partial charge in [-0.1, -0.05) is 41.9 Å². The molecular weight excluding hydrogens is 398 g/mol. The quantitative estimate of drug-likeness (QED) is 0.620. The van der Waals surface area contributed by atoms with Gasteiger partial charge in [-0.2, -0.15) is 0 Å². The molecule has 1 aliphatic rings. The summed E-state index contributed by atoms with van der Waals surface area (Å²) in [4.78, 5) is 27.2. The van der Waals surface area contributed by atoms with Crippen LogP contribution in [0.3, 0.4) is 0 Å². The molecule has 0 bridgehead atoms. The normalized spacial score (nSPS) is 18.3. The average Bonchev–Trinajstić information content (AvgIpc) is 2.66. The lowest BCUT2D eigenvalue weighted by Crippen LogP contribution is -2.67. The lowest BCUT2D eigenvalue weighted by molar-refractivity contribution is -0.137. The molecule has 1 unspecified atom stereocenters. The Morgan fingerprint density at radius 1 is 0.966 bits per heavy atom. The molecule has 1 saturated heterocycles. The van der Waals surface area contributed by atoms with Gasteiger partial charge in [-0.25, -0.2) is 8.78 Å².